The van der Waals surface area contributed by atoms with E-state index < -0.39 is 26.6 Å². The molecule has 0 saturated carbocycles. The minimum atomic E-state index is -4.67. The molecular weight excluding hydrogens is 590 g/mol. The van der Waals surface area contributed by atoms with Crippen LogP contribution in [0.25, 0.3) is 22.0 Å². The van der Waals surface area contributed by atoms with Crippen molar-refractivity contribution in [2.24, 2.45) is 0 Å². The maximum absolute atomic E-state index is 14.2. The number of nitrogens with one attached hydrogen (secondary N) is 1. The second kappa shape index (κ2) is 11.8. The van der Waals surface area contributed by atoms with E-state index >= 15 is 0 Å². The monoisotopic (exact) mass is 612 g/mol. The van der Waals surface area contributed by atoms with Gasteiger partial charge in [0.2, 0.25) is 5.91 Å². The van der Waals surface area contributed by atoms with Gasteiger partial charge in [-0.05, 0) is 48.9 Å². The Morgan fingerprint density at radius 2 is 1.67 bits per heavy atom. The number of hydrogen-bond donors (Lipinski definition) is 1. The Balaban J connectivity index is 1.43. The van der Waals surface area contributed by atoms with Gasteiger partial charge in [-0.3, -0.25) is 14.3 Å². The number of sulfonamides is 1. The van der Waals surface area contributed by atoms with E-state index in [1.807, 2.05) is 11.0 Å². The van der Waals surface area contributed by atoms with Crippen molar-refractivity contribution in [2.45, 2.75) is 11.8 Å². The number of halogens is 3. The number of amides is 1. The van der Waals surface area contributed by atoms with Gasteiger partial charge in [-0.25, -0.2) is 32.2 Å². The van der Waals surface area contributed by atoms with Crippen molar-refractivity contribution in [3.8, 4) is 11.1 Å². The molecular formula is C28H23ClF2N6O4S. The zero-order valence-corrected chi connectivity index (χ0v) is 23.7. The van der Waals surface area contributed by atoms with Crippen LogP contribution in [0, 0.1) is 11.6 Å². The number of carbonyl (C=O) groups excluding carboxylic acids is 2. The molecule has 0 aliphatic carbocycles. The van der Waals surface area contributed by atoms with Crippen molar-refractivity contribution >= 4 is 55.7 Å². The second-order valence-electron chi connectivity index (χ2n) is 9.40. The fraction of sp³-hybridized carbons (Fsp3) is 0.179. The molecule has 0 atom stereocenters. The van der Waals surface area contributed by atoms with E-state index in [0.717, 1.165) is 18.2 Å². The summed E-state index contributed by atoms with van der Waals surface area (Å²) in [6.07, 6.45) is 5.40. The van der Waals surface area contributed by atoms with Crippen molar-refractivity contribution in [2.75, 3.05) is 35.8 Å². The maximum atomic E-state index is 14.2. The molecule has 4 aromatic rings. The van der Waals surface area contributed by atoms with Gasteiger partial charge in [0.15, 0.2) is 15.8 Å². The summed E-state index contributed by atoms with van der Waals surface area (Å²) in [6.45, 7) is 3.23. The fourth-order valence-electron chi connectivity index (χ4n) is 4.52. The van der Waals surface area contributed by atoms with Gasteiger partial charge >= 0.3 is 0 Å². The number of piperazine rings is 1. The van der Waals surface area contributed by atoms with Crippen LogP contribution in [0.1, 0.15) is 6.92 Å². The van der Waals surface area contributed by atoms with E-state index in [0.29, 0.717) is 54.0 Å². The third kappa shape index (κ3) is 6.06. The molecule has 2 aromatic carbocycles. The minimum Gasteiger partial charge on any atom is -0.352 e. The van der Waals surface area contributed by atoms with Gasteiger partial charge in [-0.2, -0.15) is 0 Å². The molecule has 216 valence electrons. The molecule has 1 aliphatic heterocycles. The average Bonchev–Trinajstić information content (AvgIpc) is 2.96. The molecule has 42 heavy (non-hydrogen) atoms. The number of carbonyl (C=O) groups is 2. The molecule has 3 heterocycles. The smallest absolute Gasteiger partial charge is 0.267 e. The Labute approximate surface area is 244 Å². The quantitative estimate of drug-likeness (QED) is 0.243. The summed E-state index contributed by atoms with van der Waals surface area (Å²) in [5, 5.41) is 0.492. The zero-order chi connectivity index (χ0) is 30.0. The summed E-state index contributed by atoms with van der Waals surface area (Å²) in [7, 11) is -4.67. The molecule has 0 unspecified atom stereocenters. The minimum absolute atomic E-state index is 0.166. The number of allylic oxidation sites excluding steroid dienone is 1. The number of fused-ring (bicyclic) bond motifs is 1. The van der Waals surface area contributed by atoms with Crippen LogP contribution in [0.4, 0.5) is 20.3 Å². The highest BCUT2D eigenvalue weighted by Gasteiger charge is 2.26. The molecule has 5 rings (SSSR count). The molecule has 0 spiro atoms. The predicted molar refractivity (Wildman–Crippen MR) is 154 cm³/mol. The Morgan fingerprint density at radius 3 is 2.36 bits per heavy atom. The molecule has 0 bridgehead atoms. The van der Waals surface area contributed by atoms with Crippen molar-refractivity contribution in [3.63, 3.8) is 0 Å². The topological polar surface area (TPSA) is 125 Å². The summed E-state index contributed by atoms with van der Waals surface area (Å²) in [5.74, 6) is -2.29. The van der Waals surface area contributed by atoms with Crippen LogP contribution in [0.3, 0.4) is 0 Å². The van der Waals surface area contributed by atoms with Crippen molar-refractivity contribution in [3.05, 3.63) is 83.9 Å². The van der Waals surface area contributed by atoms with Gasteiger partial charge in [0, 0.05) is 49.4 Å². The first kappa shape index (κ1) is 29.0. The number of rotatable bonds is 7. The summed E-state index contributed by atoms with van der Waals surface area (Å²) >= 11 is 6.15. The normalized spacial score (nSPS) is 14.0. The SMILES string of the molecule is CC(=O)/C=C/C(=O)N1CCN(c2ncnc3ccc(-c4cnc(Cl)c(NS(=O)(=O)c5c(F)cccc5F)c4)cc23)CC1. The van der Waals surface area contributed by atoms with E-state index in [9.17, 15) is 26.8 Å². The zero-order valence-electron chi connectivity index (χ0n) is 22.1. The molecule has 14 heteroatoms. The number of hydrogen-bond acceptors (Lipinski definition) is 8. The van der Waals surface area contributed by atoms with Crippen LogP contribution in [0.2, 0.25) is 5.15 Å². The lowest BCUT2D eigenvalue weighted by Crippen LogP contribution is -2.48. The van der Waals surface area contributed by atoms with Crippen LogP contribution in [0.5, 0.6) is 0 Å². The lowest BCUT2D eigenvalue weighted by molar-refractivity contribution is -0.126. The number of aromatic nitrogens is 3. The van der Waals surface area contributed by atoms with Crippen molar-refractivity contribution in [1.82, 2.24) is 19.9 Å². The van der Waals surface area contributed by atoms with Crippen LogP contribution in [-0.2, 0) is 19.6 Å². The summed E-state index contributed by atoms with van der Waals surface area (Å²) in [6, 6.07) is 9.50. The van der Waals surface area contributed by atoms with Gasteiger partial charge in [0.1, 0.15) is 23.8 Å². The van der Waals surface area contributed by atoms with E-state index in [1.165, 1.54) is 37.7 Å². The molecule has 0 radical (unpaired) electrons. The summed E-state index contributed by atoms with van der Waals surface area (Å²) in [5.41, 5.74) is 1.59. The number of pyridine rings is 1. The number of ketones is 1. The highest BCUT2D eigenvalue weighted by Crippen LogP contribution is 2.33. The van der Waals surface area contributed by atoms with Gasteiger partial charge < -0.3 is 9.80 Å². The van der Waals surface area contributed by atoms with Gasteiger partial charge in [0.05, 0.1) is 11.2 Å². The molecule has 1 amide bonds. The molecule has 1 N–H and O–H groups in total. The second-order valence-corrected chi connectivity index (χ2v) is 11.4. The van der Waals surface area contributed by atoms with Crippen molar-refractivity contribution < 1.29 is 26.8 Å². The van der Waals surface area contributed by atoms with Crippen LogP contribution < -0.4 is 9.62 Å². The fourth-order valence-corrected chi connectivity index (χ4v) is 5.92. The Kier molecular flexibility index (Phi) is 8.14. The molecule has 10 nitrogen and oxygen atoms in total. The van der Waals surface area contributed by atoms with Crippen LogP contribution >= 0.6 is 11.6 Å². The highest BCUT2D eigenvalue weighted by molar-refractivity contribution is 7.92. The summed E-state index contributed by atoms with van der Waals surface area (Å²) in [4.78, 5) is 38.9. The molecule has 2 aromatic heterocycles. The Hall–Kier alpha value is -4.49. The van der Waals surface area contributed by atoms with E-state index in [2.05, 4.69) is 19.7 Å². The molecule has 1 saturated heterocycles. The third-order valence-corrected chi connectivity index (χ3v) is 8.29. The van der Waals surface area contributed by atoms with E-state index in [1.54, 1.807) is 17.0 Å². The standard InChI is InChI=1S/C28H23ClF2N6O4S/c1-17(38)5-8-25(39)36-9-11-37(12-10-36)28-20-13-18(6-7-23(20)33-16-34-28)19-14-24(27(29)32-15-19)35-42(40,41)26-21(30)3-2-4-22(26)31/h2-8,13-16,35H,9-12H2,1H3/b8-5+. The maximum Gasteiger partial charge on any atom is 0.267 e. The lowest BCUT2D eigenvalue weighted by Gasteiger charge is -2.35. The highest BCUT2D eigenvalue weighted by atomic mass is 35.5. The third-order valence-electron chi connectivity index (χ3n) is 6.57. The Bertz CT molecular complexity index is 1830. The average molecular weight is 613 g/mol. The van der Waals surface area contributed by atoms with Crippen LogP contribution in [0.15, 0.2) is 72.0 Å². The van der Waals surface area contributed by atoms with Crippen LogP contribution in [-0.4, -0.2) is 66.1 Å². The van der Waals surface area contributed by atoms with E-state index in [-0.39, 0.29) is 22.5 Å². The van der Waals surface area contributed by atoms with Crippen molar-refractivity contribution in [1.29, 1.82) is 0 Å². The first-order chi connectivity index (χ1) is 20.0. The van der Waals surface area contributed by atoms with Gasteiger partial charge in [-0.15, -0.1) is 0 Å². The summed E-state index contributed by atoms with van der Waals surface area (Å²) < 4.78 is 56.2. The number of benzene rings is 2. The lowest BCUT2D eigenvalue weighted by atomic mass is 10.0. The number of anilines is 2. The van der Waals surface area contributed by atoms with Gasteiger partial charge in [0.25, 0.3) is 10.0 Å². The van der Waals surface area contributed by atoms with Gasteiger partial charge in [-0.1, -0.05) is 23.7 Å². The first-order valence-corrected chi connectivity index (χ1v) is 14.5. The largest absolute Gasteiger partial charge is 0.352 e. The molecule has 1 fully saturated rings. The first-order valence-electron chi connectivity index (χ1n) is 12.6. The Morgan fingerprint density at radius 1 is 0.952 bits per heavy atom. The predicted octanol–water partition coefficient (Wildman–Crippen LogP) is 4.22. The molecule has 1 aliphatic rings. The number of nitrogens with zero attached hydrogens (tertiary/aromatic N) is 5. The van der Waals surface area contributed by atoms with E-state index in [4.69, 9.17) is 11.6 Å².